The maximum absolute atomic E-state index is 5.80. The first-order valence-corrected chi connectivity index (χ1v) is 7.40. The van der Waals surface area contributed by atoms with E-state index in [1.54, 1.807) is 7.11 Å². The summed E-state index contributed by atoms with van der Waals surface area (Å²) < 4.78 is 11.2. The van der Waals surface area contributed by atoms with Crippen LogP contribution in [0, 0.1) is 5.92 Å². The highest BCUT2D eigenvalue weighted by molar-refractivity contribution is 5.78. The largest absolute Gasteiger partial charge is 0.496 e. The number of benzene rings is 1. The average molecular weight is 274 g/mol. The molecule has 0 amide bonds. The minimum absolute atomic E-state index is 0.0860. The zero-order chi connectivity index (χ0) is 13.8. The molecule has 3 rings (SSSR count). The smallest absolute Gasteiger partial charge is 0.184 e. The van der Waals surface area contributed by atoms with Gasteiger partial charge in [-0.1, -0.05) is 18.2 Å². The van der Waals surface area contributed by atoms with Gasteiger partial charge in [-0.25, -0.2) is 4.99 Å². The molecule has 1 saturated heterocycles. The van der Waals surface area contributed by atoms with E-state index in [0.29, 0.717) is 12.5 Å². The fourth-order valence-corrected chi connectivity index (χ4v) is 2.97. The van der Waals surface area contributed by atoms with E-state index in [0.717, 1.165) is 36.7 Å². The van der Waals surface area contributed by atoms with Gasteiger partial charge >= 0.3 is 0 Å². The first kappa shape index (κ1) is 13.4. The standard InChI is InChI=1S/C16H22N2O2/c1-19-15-5-3-2-4-13(15)14-11-20-16(18-14)10-12-6-8-17-9-7-12/h2-5,12,14,17H,6-11H2,1H3. The van der Waals surface area contributed by atoms with E-state index in [4.69, 9.17) is 14.5 Å². The summed E-state index contributed by atoms with van der Waals surface area (Å²) in [6.07, 6.45) is 3.43. The number of para-hydroxylation sites is 1. The fourth-order valence-electron chi connectivity index (χ4n) is 2.97. The summed E-state index contributed by atoms with van der Waals surface area (Å²) in [5.74, 6) is 2.53. The van der Waals surface area contributed by atoms with Crippen molar-refractivity contribution in [1.82, 2.24) is 5.32 Å². The van der Waals surface area contributed by atoms with Crippen LogP contribution in [-0.4, -0.2) is 32.7 Å². The molecular formula is C16H22N2O2. The molecule has 4 nitrogen and oxygen atoms in total. The lowest BCUT2D eigenvalue weighted by Crippen LogP contribution is -2.28. The average Bonchev–Trinajstić information content (AvgIpc) is 2.96. The van der Waals surface area contributed by atoms with Gasteiger partial charge in [0.1, 0.15) is 18.4 Å². The number of hydrogen-bond acceptors (Lipinski definition) is 4. The molecule has 1 aromatic rings. The van der Waals surface area contributed by atoms with Crippen molar-refractivity contribution in [3.05, 3.63) is 29.8 Å². The van der Waals surface area contributed by atoms with E-state index < -0.39 is 0 Å². The summed E-state index contributed by atoms with van der Waals surface area (Å²) in [4.78, 5) is 4.76. The minimum Gasteiger partial charge on any atom is -0.496 e. The van der Waals surface area contributed by atoms with Gasteiger partial charge < -0.3 is 14.8 Å². The van der Waals surface area contributed by atoms with E-state index in [1.807, 2.05) is 18.2 Å². The van der Waals surface area contributed by atoms with Crippen molar-refractivity contribution in [2.75, 3.05) is 26.8 Å². The predicted octanol–water partition coefficient (Wildman–Crippen LogP) is 2.55. The lowest BCUT2D eigenvalue weighted by molar-refractivity contribution is 0.292. The topological polar surface area (TPSA) is 42.9 Å². The molecule has 1 unspecified atom stereocenters. The Morgan fingerprint density at radius 1 is 1.30 bits per heavy atom. The van der Waals surface area contributed by atoms with Gasteiger partial charge in [0.05, 0.1) is 7.11 Å². The van der Waals surface area contributed by atoms with Gasteiger partial charge in [0.15, 0.2) is 5.90 Å². The predicted molar refractivity (Wildman–Crippen MR) is 79.3 cm³/mol. The van der Waals surface area contributed by atoms with Crippen LogP contribution >= 0.6 is 0 Å². The van der Waals surface area contributed by atoms with Crippen LogP contribution in [-0.2, 0) is 4.74 Å². The van der Waals surface area contributed by atoms with Gasteiger partial charge in [-0.3, -0.25) is 0 Å². The molecule has 1 aromatic carbocycles. The lowest BCUT2D eigenvalue weighted by Gasteiger charge is -2.21. The van der Waals surface area contributed by atoms with Crippen LogP contribution < -0.4 is 10.1 Å². The number of nitrogens with zero attached hydrogens (tertiary/aromatic N) is 1. The molecular weight excluding hydrogens is 252 g/mol. The number of ether oxygens (including phenoxy) is 2. The Labute approximate surface area is 120 Å². The molecule has 0 aliphatic carbocycles. The molecule has 4 heteroatoms. The Hall–Kier alpha value is -1.55. The number of nitrogens with one attached hydrogen (secondary N) is 1. The normalized spacial score (nSPS) is 23.2. The highest BCUT2D eigenvalue weighted by Gasteiger charge is 2.25. The molecule has 1 fully saturated rings. The van der Waals surface area contributed by atoms with Crippen LogP contribution in [0.5, 0.6) is 5.75 Å². The maximum Gasteiger partial charge on any atom is 0.184 e. The van der Waals surface area contributed by atoms with Crippen molar-refractivity contribution in [3.63, 3.8) is 0 Å². The minimum atomic E-state index is 0.0860. The summed E-state index contributed by atoms with van der Waals surface area (Å²) in [6.45, 7) is 2.88. The van der Waals surface area contributed by atoms with Gasteiger partial charge in [-0.15, -0.1) is 0 Å². The summed E-state index contributed by atoms with van der Waals surface area (Å²) in [5.41, 5.74) is 1.12. The quantitative estimate of drug-likeness (QED) is 0.917. The number of methoxy groups -OCH3 is 1. The molecule has 0 spiro atoms. The van der Waals surface area contributed by atoms with Gasteiger partial charge in [0.2, 0.25) is 0 Å². The van der Waals surface area contributed by atoms with Gasteiger partial charge in [-0.05, 0) is 37.9 Å². The zero-order valence-electron chi connectivity index (χ0n) is 12.0. The van der Waals surface area contributed by atoms with Gasteiger partial charge in [-0.2, -0.15) is 0 Å². The Kier molecular flexibility index (Phi) is 4.21. The summed E-state index contributed by atoms with van der Waals surface area (Å²) in [7, 11) is 1.70. The molecule has 20 heavy (non-hydrogen) atoms. The number of aliphatic imine (C=N–C) groups is 1. The third kappa shape index (κ3) is 2.96. The number of rotatable bonds is 4. The molecule has 2 heterocycles. The third-order valence-electron chi connectivity index (χ3n) is 4.13. The first-order valence-electron chi connectivity index (χ1n) is 7.40. The second kappa shape index (κ2) is 6.27. The van der Waals surface area contributed by atoms with Crippen molar-refractivity contribution in [1.29, 1.82) is 0 Å². The molecule has 1 N–H and O–H groups in total. The van der Waals surface area contributed by atoms with E-state index in [-0.39, 0.29) is 6.04 Å². The molecule has 0 aromatic heterocycles. The Morgan fingerprint density at radius 2 is 2.10 bits per heavy atom. The van der Waals surface area contributed by atoms with Crippen molar-refractivity contribution in [2.45, 2.75) is 25.3 Å². The van der Waals surface area contributed by atoms with Crippen molar-refractivity contribution in [3.8, 4) is 5.75 Å². The second-order valence-corrected chi connectivity index (χ2v) is 5.49. The van der Waals surface area contributed by atoms with Crippen LogP contribution in [0.25, 0.3) is 0 Å². The third-order valence-corrected chi connectivity index (χ3v) is 4.13. The van der Waals surface area contributed by atoms with Crippen molar-refractivity contribution in [2.24, 2.45) is 10.9 Å². The monoisotopic (exact) mass is 274 g/mol. The SMILES string of the molecule is COc1ccccc1C1COC(CC2CCNCC2)=N1. The Bertz CT molecular complexity index is 481. The highest BCUT2D eigenvalue weighted by Crippen LogP contribution is 2.32. The lowest BCUT2D eigenvalue weighted by atomic mass is 9.95. The summed E-state index contributed by atoms with van der Waals surface area (Å²) in [5, 5.41) is 3.39. The first-order chi connectivity index (χ1) is 9.86. The highest BCUT2D eigenvalue weighted by atomic mass is 16.5. The molecule has 0 radical (unpaired) electrons. The van der Waals surface area contributed by atoms with E-state index in [9.17, 15) is 0 Å². The van der Waals surface area contributed by atoms with Crippen LogP contribution in [0.1, 0.15) is 30.9 Å². The second-order valence-electron chi connectivity index (χ2n) is 5.49. The molecule has 2 aliphatic heterocycles. The molecule has 1 atom stereocenters. The van der Waals surface area contributed by atoms with Gasteiger partial charge in [0, 0.05) is 12.0 Å². The van der Waals surface area contributed by atoms with Crippen LogP contribution in [0.3, 0.4) is 0 Å². The van der Waals surface area contributed by atoms with E-state index in [2.05, 4.69) is 11.4 Å². The van der Waals surface area contributed by atoms with Crippen LogP contribution in [0.4, 0.5) is 0 Å². The fraction of sp³-hybridized carbons (Fsp3) is 0.562. The Balaban J connectivity index is 1.67. The van der Waals surface area contributed by atoms with Gasteiger partial charge in [0.25, 0.3) is 0 Å². The number of hydrogen-bond donors (Lipinski definition) is 1. The van der Waals surface area contributed by atoms with Crippen molar-refractivity contribution >= 4 is 5.90 Å². The van der Waals surface area contributed by atoms with E-state index in [1.165, 1.54) is 12.8 Å². The molecule has 0 bridgehead atoms. The van der Waals surface area contributed by atoms with Crippen LogP contribution in [0.2, 0.25) is 0 Å². The van der Waals surface area contributed by atoms with E-state index >= 15 is 0 Å². The Morgan fingerprint density at radius 3 is 2.90 bits per heavy atom. The molecule has 108 valence electrons. The molecule has 2 aliphatic rings. The summed E-state index contributed by atoms with van der Waals surface area (Å²) >= 11 is 0. The zero-order valence-corrected chi connectivity index (χ0v) is 12.0. The van der Waals surface area contributed by atoms with Crippen LogP contribution in [0.15, 0.2) is 29.3 Å². The van der Waals surface area contributed by atoms with Crippen molar-refractivity contribution < 1.29 is 9.47 Å². The summed E-state index contributed by atoms with van der Waals surface area (Å²) in [6, 6.07) is 8.15. The number of piperidine rings is 1. The molecule has 0 saturated carbocycles. The maximum atomic E-state index is 5.80.